The molecule has 0 radical (unpaired) electrons. The molecule has 0 unspecified atom stereocenters. The average Bonchev–Trinajstić information content (AvgIpc) is 2.29. The van der Waals surface area contributed by atoms with Gasteiger partial charge in [-0.2, -0.15) is 0 Å². The minimum atomic E-state index is 0.369. The predicted molar refractivity (Wildman–Crippen MR) is 71.6 cm³/mol. The van der Waals surface area contributed by atoms with E-state index in [0.29, 0.717) is 5.75 Å². The van der Waals surface area contributed by atoms with Gasteiger partial charge in [-0.1, -0.05) is 30.3 Å². The van der Waals surface area contributed by atoms with Crippen molar-refractivity contribution >= 4 is 0 Å². The third-order valence-corrected chi connectivity index (χ3v) is 3.24. The van der Waals surface area contributed by atoms with Gasteiger partial charge in [0.05, 0.1) is 0 Å². The van der Waals surface area contributed by atoms with Crippen molar-refractivity contribution in [1.82, 2.24) is 0 Å². The van der Waals surface area contributed by atoms with Crippen LogP contribution in [0.4, 0.5) is 0 Å². The van der Waals surface area contributed by atoms with Gasteiger partial charge in [0.2, 0.25) is 0 Å². The molecule has 1 heteroatoms. The van der Waals surface area contributed by atoms with E-state index in [0.717, 1.165) is 12.0 Å². The Balaban J connectivity index is 2.25. The van der Waals surface area contributed by atoms with Crippen LogP contribution in [0.2, 0.25) is 0 Å². The zero-order chi connectivity index (χ0) is 12.4. The quantitative estimate of drug-likeness (QED) is 0.823. The first-order chi connectivity index (χ1) is 8.06. The molecule has 1 nitrogen and oxygen atoms in total. The summed E-state index contributed by atoms with van der Waals surface area (Å²) in [6, 6.07) is 12.4. The van der Waals surface area contributed by atoms with Crippen molar-refractivity contribution < 1.29 is 5.11 Å². The van der Waals surface area contributed by atoms with Gasteiger partial charge >= 0.3 is 0 Å². The SMILES string of the molecule is Cc1ccc(Cc2ccc(O)c(C)c2)cc1C. The highest BCUT2D eigenvalue weighted by Gasteiger charge is 2.01. The molecule has 88 valence electrons. The highest BCUT2D eigenvalue weighted by molar-refractivity contribution is 5.38. The number of phenolic OH excluding ortho intramolecular Hbond substituents is 1. The van der Waals surface area contributed by atoms with Crippen molar-refractivity contribution in [1.29, 1.82) is 0 Å². The van der Waals surface area contributed by atoms with Crippen LogP contribution in [0, 0.1) is 20.8 Å². The molecule has 0 atom stereocenters. The van der Waals surface area contributed by atoms with Crippen molar-refractivity contribution in [3.05, 3.63) is 64.2 Å². The normalized spacial score (nSPS) is 10.5. The molecule has 2 rings (SSSR count). The van der Waals surface area contributed by atoms with Crippen molar-refractivity contribution in [2.24, 2.45) is 0 Å². The van der Waals surface area contributed by atoms with Crippen LogP contribution in [0.1, 0.15) is 27.8 Å². The standard InChI is InChI=1S/C16H18O/c1-11-4-5-14(8-12(11)2)10-15-6-7-16(17)13(3)9-15/h4-9,17H,10H2,1-3H3. The first-order valence-corrected chi connectivity index (χ1v) is 5.91. The van der Waals surface area contributed by atoms with Crippen LogP contribution >= 0.6 is 0 Å². The molecule has 0 aliphatic carbocycles. The zero-order valence-electron chi connectivity index (χ0n) is 10.6. The summed E-state index contributed by atoms with van der Waals surface area (Å²) in [4.78, 5) is 0. The Morgan fingerprint density at radius 2 is 1.35 bits per heavy atom. The molecule has 1 N–H and O–H groups in total. The molecule has 0 amide bonds. The van der Waals surface area contributed by atoms with Crippen LogP contribution in [-0.2, 0) is 6.42 Å². The largest absolute Gasteiger partial charge is 0.508 e. The summed E-state index contributed by atoms with van der Waals surface area (Å²) in [5.74, 6) is 0.369. The molecule has 0 saturated carbocycles. The van der Waals surface area contributed by atoms with E-state index in [2.05, 4.69) is 32.0 Å². The number of aromatic hydroxyl groups is 1. The van der Waals surface area contributed by atoms with Gasteiger partial charge in [-0.15, -0.1) is 0 Å². The highest BCUT2D eigenvalue weighted by atomic mass is 16.3. The van der Waals surface area contributed by atoms with E-state index >= 15 is 0 Å². The summed E-state index contributed by atoms with van der Waals surface area (Å²) in [6.45, 7) is 6.20. The van der Waals surface area contributed by atoms with Crippen LogP contribution < -0.4 is 0 Å². The summed E-state index contributed by atoms with van der Waals surface area (Å²) in [5.41, 5.74) is 6.15. The van der Waals surface area contributed by atoms with E-state index in [1.165, 1.54) is 22.3 Å². The zero-order valence-corrected chi connectivity index (χ0v) is 10.6. The van der Waals surface area contributed by atoms with Crippen molar-refractivity contribution in [3.8, 4) is 5.75 Å². The van der Waals surface area contributed by atoms with Crippen LogP contribution in [-0.4, -0.2) is 5.11 Å². The van der Waals surface area contributed by atoms with E-state index in [-0.39, 0.29) is 0 Å². The van der Waals surface area contributed by atoms with Crippen molar-refractivity contribution in [2.45, 2.75) is 27.2 Å². The maximum atomic E-state index is 9.49. The topological polar surface area (TPSA) is 20.2 Å². The molecule has 17 heavy (non-hydrogen) atoms. The Hall–Kier alpha value is -1.76. The third-order valence-electron chi connectivity index (χ3n) is 3.24. The summed E-state index contributed by atoms with van der Waals surface area (Å²) in [7, 11) is 0. The first-order valence-electron chi connectivity index (χ1n) is 5.91. The average molecular weight is 226 g/mol. The van der Waals surface area contributed by atoms with E-state index < -0.39 is 0 Å². The van der Waals surface area contributed by atoms with E-state index in [9.17, 15) is 5.11 Å². The Morgan fingerprint density at radius 3 is 1.94 bits per heavy atom. The fourth-order valence-electron chi connectivity index (χ4n) is 1.98. The van der Waals surface area contributed by atoms with Gasteiger partial charge in [-0.25, -0.2) is 0 Å². The molecule has 0 aliphatic rings. The summed E-state index contributed by atoms with van der Waals surface area (Å²) in [6.07, 6.45) is 0.919. The van der Waals surface area contributed by atoms with Crippen molar-refractivity contribution in [3.63, 3.8) is 0 Å². The Morgan fingerprint density at radius 1 is 0.765 bits per heavy atom. The molecule has 0 fully saturated rings. The molecule has 2 aromatic carbocycles. The molecular weight excluding hydrogens is 208 g/mol. The minimum Gasteiger partial charge on any atom is -0.508 e. The number of aryl methyl sites for hydroxylation is 3. The van der Waals surface area contributed by atoms with Crippen LogP contribution in [0.15, 0.2) is 36.4 Å². The number of rotatable bonds is 2. The Labute approximate surface area is 103 Å². The second kappa shape index (κ2) is 4.62. The van der Waals surface area contributed by atoms with Gasteiger partial charge in [0.25, 0.3) is 0 Å². The van der Waals surface area contributed by atoms with Gasteiger partial charge in [0.1, 0.15) is 5.75 Å². The molecule has 2 aromatic rings. The lowest BCUT2D eigenvalue weighted by Gasteiger charge is -2.07. The fourth-order valence-corrected chi connectivity index (χ4v) is 1.98. The van der Waals surface area contributed by atoms with Crippen molar-refractivity contribution in [2.75, 3.05) is 0 Å². The number of hydrogen-bond acceptors (Lipinski definition) is 1. The second-order valence-corrected chi connectivity index (χ2v) is 4.72. The van der Waals surface area contributed by atoms with Crippen LogP contribution in [0.3, 0.4) is 0 Å². The second-order valence-electron chi connectivity index (χ2n) is 4.72. The molecule has 0 aromatic heterocycles. The maximum absolute atomic E-state index is 9.49. The van der Waals surface area contributed by atoms with Crippen LogP contribution in [0.25, 0.3) is 0 Å². The third kappa shape index (κ3) is 2.68. The Kier molecular flexibility index (Phi) is 3.19. The lowest BCUT2D eigenvalue weighted by Crippen LogP contribution is -1.91. The molecule has 0 spiro atoms. The molecule has 0 heterocycles. The highest BCUT2D eigenvalue weighted by Crippen LogP contribution is 2.20. The number of benzene rings is 2. The van der Waals surface area contributed by atoms with Crippen LogP contribution in [0.5, 0.6) is 5.75 Å². The monoisotopic (exact) mass is 226 g/mol. The summed E-state index contributed by atoms with van der Waals surface area (Å²) in [5, 5.41) is 9.49. The molecular formula is C16H18O. The first kappa shape index (κ1) is 11.7. The fraction of sp³-hybridized carbons (Fsp3) is 0.250. The lowest BCUT2D eigenvalue weighted by molar-refractivity contribution is 0.471. The van der Waals surface area contributed by atoms with Gasteiger partial charge in [0.15, 0.2) is 0 Å². The lowest BCUT2D eigenvalue weighted by atomic mass is 9.99. The smallest absolute Gasteiger partial charge is 0.118 e. The molecule has 0 bridgehead atoms. The van der Waals surface area contributed by atoms with E-state index in [4.69, 9.17) is 0 Å². The summed E-state index contributed by atoms with van der Waals surface area (Å²) < 4.78 is 0. The van der Waals surface area contributed by atoms with Gasteiger partial charge in [-0.05, 0) is 61.1 Å². The number of phenols is 1. The minimum absolute atomic E-state index is 0.369. The summed E-state index contributed by atoms with van der Waals surface area (Å²) >= 11 is 0. The molecule has 0 saturated heterocycles. The molecule has 0 aliphatic heterocycles. The van der Waals surface area contributed by atoms with E-state index in [1.807, 2.05) is 19.1 Å². The number of hydrogen-bond donors (Lipinski definition) is 1. The van der Waals surface area contributed by atoms with Gasteiger partial charge in [-0.3, -0.25) is 0 Å². The van der Waals surface area contributed by atoms with E-state index in [1.54, 1.807) is 6.07 Å². The van der Waals surface area contributed by atoms with Gasteiger partial charge < -0.3 is 5.11 Å². The predicted octanol–water partition coefficient (Wildman–Crippen LogP) is 3.91. The maximum Gasteiger partial charge on any atom is 0.118 e. The van der Waals surface area contributed by atoms with Gasteiger partial charge in [0, 0.05) is 0 Å². The Bertz CT molecular complexity index is 492.